The topological polar surface area (TPSA) is 64.2 Å². The molecule has 0 radical (unpaired) electrons. The summed E-state index contributed by atoms with van der Waals surface area (Å²) in [6.45, 7) is 1.64. The summed E-state index contributed by atoms with van der Waals surface area (Å²) in [4.78, 5) is 24.2. The summed E-state index contributed by atoms with van der Waals surface area (Å²) in [6.07, 6.45) is 0. The van der Waals surface area contributed by atoms with Gasteiger partial charge in [-0.3, -0.25) is 9.36 Å². The Hall–Kier alpha value is -1.85. The van der Waals surface area contributed by atoms with E-state index in [0.717, 1.165) is 4.57 Å². The van der Waals surface area contributed by atoms with Crippen molar-refractivity contribution < 1.29 is 5.11 Å². The lowest BCUT2D eigenvalue weighted by atomic mass is 10.3. The van der Waals surface area contributed by atoms with Crippen LogP contribution in [0.25, 0.3) is 5.69 Å². The van der Waals surface area contributed by atoms with Crippen LogP contribution >= 0.6 is 11.6 Å². The fraction of sp³-hybridized carbons (Fsp3) is 0.231. The molecule has 0 unspecified atom stereocenters. The maximum absolute atomic E-state index is 12.3. The van der Waals surface area contributed by atoms with Gasteiger partial charge in [-0.05, 0) is 31.2 Å². The highest BCUT2D eigenvalue weighted by Gasteiger charge is 2.10. The molecule has 1 aromatic carbocycles. The largest absolute Gasteiger partial charge is 0.395 e. The number of hydrogen-bond acceptors (Lipinski definition) is 3. The number of nitrogens with zero attached hydrogens (tertiary/aromatic N) is 2. The molecule has 2 aromatic rings. The van der Waals surface area contributed by atoms with E-state index in [-0.39, 0.29) is 13.2 Å². The monoisotopic (exact) mass is 280 g/mol. The quantitative estimate of drug-likeness (QED) is 0.911. The molecule has 0 aliphatic carbocycles. The summed E-state index contributed by atoms with van der Waals surface area (Å²) in [6, 6.07) is 7.79. The molecule has 19 heavy (non-hydrogen) atoms. The summed E-state index contributed by atoms with van der Waals surface area (Å²) >= 11 is 5.78. The second kappa shape index (κ2) is 5.42. The van der Waals surface area contributed by atoms with E-state index < -0.39 is 11.2 Å². The van der Waals surface area contributed by atoms with Crippen molar-refractivity contribution in [1.29, 1.82) is 0 Å². The van der Waals surface area contributed by atoms with Crippen LogP contribution in [0.2, 0.25) is 5.02 Å². The predicted molar refractivity (Wildman–Crippen MR) is 73.1 cm³/mol. The van der Waals surface area contributed by atoms with Crippen LogP contribution in [0.15, 0.2) is 39.9 Å². The third-order valence-corrected chi connectivity index (χ3v) is 3.06. The maximum atomic E-state index is 12.3. The van der Waals surface area contributed by atoms with E-state index in [9.17, 15) is 9.59 Å². The second-order valence-electron chi connectivity index (χ2n) is 4.09. The SMILES string of the molecule is Cc1cc(=O)n(-c2ccc(Cl)cc2)c(=O)n1CCO. The van der Waals surface area contributed by atoms with Crippen molar-refractivity contribution in [3.63, 3.8) is 0 Å². The number of benzene rings is 1. The first-order valence-electron chi connectivity index (χ1n) is 5.75. The molecule has 1 N–H and O–H groups in total. The van der Waals surface area contributed by atoms with E-state index in [1.165, 1.54) is 10.6 Å². The van der Waals surface area contributed by atoms with E-state index in [1.807, 2.05) is 0 Å². The number of aliphatic hydroxyl groups excluding tert-OH is 1. The third kappa shape index (κ3) is 2.62. The zero-order valence-electron chi connectivity index (χ0n) is 10.3. The van der Waals surface area contributed by atoms with E-state index in [4.69, 9.17) is 16.7 Å². The highest BCUT2D eigenvalue weighted by molar-refractivity contribution is 6.30. The number of aliphatic hydroxyl groups is 1. The Labute approximate surface area is 114 Å². The van der Waals surface area contributed by atoms with Crippen LogP contribution in [-0.4, -0.2) is 20.8 Å². The molecule has 0 aliphatic rings. The summed E-state index contributed by atoms with van der Waals surface area (Å²) < 4.78 is 2.41. The van der Waals surface area contributed by atoms with Crippen molar-refractivity contribution in [3.8, 4) is 5.69 Å². The lowest BCUT2D eigenvalue weighted by Crippen LogP contribution is -2.39. The molecule has 0 spiro atoms. The van der Waals surface area contributed by atoms with Crippen LogP contribution in [0, 0.1) is 6.92 Å². The molecule has 100 valence electrons. The van der Waals surface area contributed by atoms with Crippen molar-refractivity contribution in [1.82, 2.24) is 9.13 Å². The standard InChI is InChI=1S/C13H13ClN2O3/c1-9-8-12(18)16(13(19)15(9)6-7-17)11-4-2-10(14)3-5-11/h2-5,8,17H,6-7H2,1H3. The number of rotatable bonds is 3. The molecule has 0 fully saturated rings. The van der Waals surface area contributed by atoms with E-state index in [1.54, 1.807) is 31.2 Å². The highest BCUT2D eigenvalue weighted by atomic mass is 35.5. The number of aromatic nitrogens is 2. The molecule has 1 aromatic heterocycles. The molecular formula is C13H13ClN2O3. The van der Waals surface area contributed by atoms with Crippen LogP contribution in [-0.2, 0) is 6.54 Å². The molecule has 1 heterocycles. The van der Waals surface area contributed by atoms with Gasteiger partial charge in [-0.1, -0.05) is 11.6 Å². The van der Waals surface area contributed by atoms with Crippen LogP contribution < -0.4 is 11.2 Å². The van der Waals surface area contributed by atoms with Crippen molar-refractivity contribution >= 4 is 11.6 Å². The molecule has 0 saturated heterocycles. The van der Waals surface area contributed by atoms with Crippen molar-refractivity contribution in [3.05, 3.63) is 61.9 Å². The van der Waals surface area contributed by atoms with Crippen LogP contribution in [0.5, 0.6) is 0 Å². The van der Waals surface area contributed by atoms with Gasteiger partial charge in [0.15, 0.2) is 0 Å². The zero-order chi connectivity index (χ0) is 14.0. The van der Waals surface area contributed by atoms with Gasteiger partial charge >= 0.3 is 5.69 Å². The van der Waals surface area contributed by atoms with Gasteiger partial charge in [-0.25, -0.2) is 9.36 Å². The van der Waals surface area contributed by atoms with Crippen molar-refractivity contribution in [2.24, 2.45) is 0 Å². The van der Waals surface area contributed by atoms with E-state index in [2.05, 4.69) is 0 Å². The van der Waals surface area contributed by atoms with Gasteiger partial charge in [0.25, 0.3) is 5.56 Å². The van der Waals surface area contributed by atoms with Gasteiger partial charge in [0.1, 0.15) is 0 Å². The van der Waals surface area contributed by atoms with Gasteiger partial charge < -0.3 is 5.11 Å². The average Bonchev–Trinajstić information content (AvgIpc) is 2.36. The lowest BCUT2D eigenvalue weighted by molar-refractivity contribution is 0.271. The molecule has 0 atom stereocenters. The molecule has 2 rings (SSSR count). The zero-order valence-corrected chi connectivity index (χ0v) is 11.1. The molecule has 0 aliphatic heterocycles. The van der Waals surface area contributed by atoms with Gasteiger partial charge in [0, 0.05) is 16.8 Å². The molecule has 0 bridgehead atoms. The first kappa shape index (κ1) is 13.6. The minimum atomic E-state index is -0.471. The van der Waals surface area contributed by atoms with Crippen molar-refractivity contribution in [2.75, 3.05) is 6.61 Å². The summed E-state index contributed by atoms with van der Waals surface area (Å²) in [5, 5.41) is 9.50. The Morgan fingerprint density at radius 1 is 1.21 bits per heavy atom. The molecule has 5 nitrogen and oxygen atoms in total. The summed E-state index contributed by atoms with van der Waals surface area (Å²) in [5.74, 6) is 0. The first-order valence-corrected chi connectivity index (χ1v) is 6.12. The highest BCUT2D eigenvalue weighted by Crippen LogP contribution is 2.10. The molecular weight excluding hydrogens is 268 g/mol. The number of halogens is 1. The Bertz CT molecular complexity index is 701. The van der Waals surface area contributed by atoms with Crippen LogP contribution in [0.3, 0.4) is 0 Å². The summed E-state index contributed by atoms with van der Waals surface area (Å²) in [5.41, 5.74) is 0.0979. The molecule has 6 heteroatoms. The van der Waals surface area contributed by atoms with E-state index in [0.29, 0.717) is 16.4 Å². The van der Waals surface area contributed by atoms with Crippen LogP contribution in [0.1, 0.15) is 5.69 Å². The van der Waals surface area contributed by atoms with Gasteiger partial charge in [-0.15, -0.1) is 0 Å². The molecule has 0 saturated carbocycles. The smallest absolute Gasteiger partial charge is 0.335 e. The number of hydrogen-bond donors (Lipinski definition) is 1. The minimum absolute atomic E-state index is 0.151. The third-order valence-electron chi connectivity index (χ3n) is 2.81. The van der Waals surface area contributed by atoms with E-state index >= 15 is 0 Å². The lowest BCUT2D eigenvalue weighted by Gasteiger charge is -2.12. The fourth-order valence-electron chi connectivity index (χ4n) is 1.89. The van der Waals surface area contributed by atoms with Gasteiger partial charge in [-0.2, -0.15) is 0 Å². The van der Waals surface area contributed by atoms with Gasteiger partial charge in [0.05, 0.1) is 18.8 Å². The Balaban J connectivity index is 2.70. The Morgan fingerprint density at radius 2 is 1.84 bits per heavy atom. The number of aryl methyl sites for hydroxylation is 1. The normalized spacial score (nSPS) is 10.7. The average molecular weight is 281 g/mol. The van der Waals surface area contributed by atoms with Crippen molar-refractivity contribution in [2.45, 2.75) is 13.5 Å². The Morgan fingerprint density at radius 3 is 2.42 bits per heavy atom. The predicted octanol–water partition coefficient (Wildman–Crippen LogP) is 0.953. The van der Waals surface area contributed by atoms with Gasteiger partial charge in [0.2, 0.25) is 0 Å². The molecule has 0 amide bonds. The summed E-state index contributed by atoms with van der Waals surface area (Å²) in [7, 11) is 0. The Kier molecular flexibility index (Phi) is 3.87. The minimum Gasteiger partial charge on any atom is -0.395 e. The fourth-order valence-corrected chi connectivity index (χ4v) is 2.01. The second-order valence-corrected chi connectivity index (χ2v) is 4.53. The van der Waals surface area contributed by atoms with Crippen LogP contribution in [0.4, 0.5) is 0 Å². The maximum Gasteiger partial charge on any atom is 0.335 e. The first-order chi connectivity index (χ1) is 9.04.